The van der Waals surface area contributed by atoms with Crippen molar-refractivity contribution in [1.29, 1.82) is 0 Å². The van der Waals surface area contributed by atoms with Crippen LogP contribution >= 0.6 is 39.3 Å². The van der Waals surface area contributed by atoms with Gasteiger partial charge >= 0.3 is 5.97 Å². The SMILES string of the molecule is CN1C(=O)C(=Cc2ccc(OCc3ccc(Br)cc3)c(Cl)c2)SC1=Nc1cccc(C(=O)O)c1. The van der Waals surface area contributed by atoms with Gasteiger partial charge in [0.05, 0.1) is 21.2 Å². The molecule has 1 fully saturated rings. The van der Waals surface area contributed by atoms with E-state index in [2.05, 4.69) is 20.9 Å². The molecule has 0 aromatic heterocycles. The van der Waals surface area contributed by atoms with Gasteiger partial charge in [-0.25, -0.2) is 9.79 Å². The summed E-state index contributed by atoms with van der Waals surface area (Å²) in [6.07, 6.45) is 1.74. The molecule has 1 N–H and O–H groups in total. The predicted octanol–water partition coefficient (Wildman–Crippen LogP) is 6.61. The molecule has 3 aromatic carbocycles. The lowest BCUT2D eigenvalue weighted by molar-refractivity contribution is -0.121. The lowest BCUT2D eigenvalue weighted by Gasteiger charge is -2.09. The number of halogens is 2. The maximum atomic E-state index is 12.7. The Morgan fingerprint density at radius 1 is 1.18 bits per heavy atom. The number of rotatable bonds is 6. The lowest BCUT2D eigenvalue weighted by atomic mass is 10.2. The second-order valence-electron chi connectivity index (χ2n) is 7.33. The van der Waals surface area contributed by atoms with Crippen LogP contribution in [0.1, 0.15) is 21.5 Å². The van der Waals surface area contributed by atoms with E-state index in [-0.39, 0.29) is 11.5 Å². The number of hydrogen-bond donors (Lipinski definition) is 1. The molecule has 34 heavy (non-hydrogen) atoms. The van der Waals surface area contributed by atoms with Crippen molar-refractivity contribution in [3.05, 3.63) is 97.8 Å². The van der Waals surface area contributed by atoms with Crippen molar-refractivity contribution in [2.75, 3.05) is 7.05 Å². The van der Waals surface area contributed by atoms with Crippen LogP contribution in [-0.4, -0.2) is 34.1 Å². The highest BCUT2D eigenvalue weighted by molar-refractivity contribution is 9.10. The molecule has 1 aliphatic heterocycles. The van der Waals surface area contributed by atoms with Crippen molar-refractivity contribution < 1.29 is 19.4 Å². The molecule has 1 heterocycles. The molecule has 0 unspecified atom stereocenters. The molecule has 1 amide bonds. The molecule has 9 heteroatoms. The van der Waals surface area contributed by atoms with Gasteiger partial charge in [-0.3, -0.25) is 9.69 Å². The van der Waals surface area contributed by atoms with Crippen LogP contribution in [0.4, 0.5) is 5.69 Å². The number of carboxylic acids is 1. The van der Waals surface area contributed by atoms with Gasteiger partial charge in [-0.15, -0.1) is 0 Å². The van der Waals surface area contributed by atoms with Gasteiger partial charge < -0.3 is 9.84 Å². The molecule has 0 spiro atoms. The molecule has 1 aliphatic rings. The first kappa shape index (κ1) is 24.1. The average Bonchev–Trinajstić information content (AvgIpc) is 3.07. The zero-order valence-electron chi connectivity index (χ0n) is 17.9. The first-order valence-corrected chi connectivity index (χ1v) is 12.1. The van der Waals surface area contributed by atoms with Crippen molar-refractivity contribution in [2.45, 2.75) is 6.61 Å². The molecule has 0 radical (unpaired) electrons. The molecular weight excluding hydrogens is 540 g/mol. The predicted molar refractivity (Wildman–Crippen MR) is 139 cm³/mol. The summed E-state index contributed by atoms with van der Waals surface area (Å²) in [6.45, 7) is 0.384. The molecule has 0 bridgehead atoms. The Morgan fingerprint density at radius 2 is 1.94 bits per heavy atom. The molecular formula is C25H18BrClN2O4S. The number of likely N-dealkylation sites (N-methyl/N-ethyl adjacent to an activating group) is 1. The van der Waals surface area contributed by atoms with Crippen LogP contribution in [0, 0.1) is 0 Å². The standard InChI is InChI=1S/C25H18BrClN2O4S/c1-29-23(30)22(34-25(29)28-19-4-2-3-17(13-19)24(31)32)12-16-7-10-21(20(27)11-16)33-14-15-5-8-18(26)9-6-15/h2-13H,14H2,1H3,(H,31,32). The summed E-state index contributed by atoms with van der Waals surface area (Å²) < 4.78 is 6.83. The number of nitrogens with zero attached hydrogens (tertiary/aromatic N) is 2. The summed E-state index contributed by atoms with van der Waals surface area (Å²) in [5, 5.41) is 10.1. The van der Waals surface area contributed by atoms with E-state index in [1.165, 1.54) is 28.8 Å². The number of carbonyl (C=O) groups is 2. The average molecular weight is 558 g/mol. The number of hydrogen-bond acceptors (Lipinski definition) is 5. The second-order valence-corrected chi connectivity index (χ2v) is 9.66. The van der Waals surface area contributed by atoms with Crippen LogP contribution in [-0.2, 0) is 11.4 Å². The Kier molecular flexibility index (Phi) is 7.41. The highest BCUT2D eigenvalue weighted by atomic mass is 79.9. The van der Waals surface area contributed by atoms with Crippen molar-refractivity contribution in [3.8, 4) is 5.75 Å². The van der Waals surface area contributed by atoms with Crippen LogP contribution in [0.5, 0.6) is 5.75 Å². The fourth-order valence-electron chi connectivity index (χ4n) is 3.09. The number of amides is 1. The Morgan fingerprint density at radius 3 is 2.65 bits per heavy atom. The van der Waals surface area contributed by atoms with Gasteiger partial charge in [-0.2, -0.15) is 0 Å². The van der Waals surface area contributed by atoms with E-state index in [4.69, 9.17) is 21.4 Å². The smallest absolute Gasteiger partial charge is 0.335 e. The Bertz CT molecular complexity index is 1320. The third kappa shape index (κ3) is 5.70. The molecule has 172 valence electrons. The highest BCUT2D eigenvalue weighted by Gasteiger charge is 2.30. The summed E-state index contributed by atoms with van der Waals surface area (Å²) in [6, 6.07) is 19.4. The lowest BCUT2D eigenvalue weighted by Crippen LogP contribution is -2.23. The summed E-state index contributed by atoms with van der Waals surface area (Å²) >= 11 is 11.0. The fourth-order valence-corrected chi connectivity index (χ4v) is 4.58. The largest absolute Gasteiger partial charge is 0.487 e. The number of aromatic carboxylic acids is 1. The van der Waals surface area contributed by atoms with E-state index in [0.29, 0.717) is 33.1 Å². The van der Waals surface area contributed by atoms with Crippen LogP contribution in [0.2, 0.25) is 5.02 Å². The fraction of sp³-hybridized carbons (Fsp3) is 0.0800. The van der Waals surface area contributed by atoms with Gasteiger partial charge in [-0.1, -0.05) is 51.8 Å². The van der Waals surface area contributed by atoms with Gasteiger partial charge in [0.1, 0.15) is 12.4 Å². The van der Waals surface area contributed by atoms with E-state index >= 15 is 0 Å². The number of benzene rings is 3. The topological polar surface area (TPSA) is 79.2 Å². The molecule has 0 atom stereocenters. The van der Waals surface area contributed by atoms with Gasteiger partial charge in [-0.05, 0) is 71.4 Å². The summed E-state index contributed by atoms with van der Waals surface area (Å²) in [4.78, 5) is 30.3. The molecule has 0 aliphatic carbocycles. The number of ether oxygens (including phenoxy) is 1. The van der Waals surface area contributed by atoms with E-state index in [0.717, 1.165) is 15.6 Å². The maximum Gasteiger partial charge on any atom is 0.335 e. The first-order valence-electron chi connectivity index (χ1n) is 10.1. The molecule has 1 saturated heterocycles. The monoisotopic (exact) mass is 556 g/mol. The molecule has 4 rings (SSSR count). The maximum absolute atomic E-state index is 12.7. The first-order chi connectivity index (χ1) is 16.3. The van der Waals surface area contributed by atoms with E-state index in [1.54, 1.807) is 37.4 Å². The number of thioether (sulfide) groups is 1. The van der Waals surface area contributed by atoms with Crippen LogP contribution in [0.25, 0.3) is 6.08 Å². The minimum absolute atomic E-state index is 0.131. The number of aliphatic imine (C=N–C) groups is 1. The quantitative estimate of drug-likeness (QED) is 0.345. The molecule has 0 saturated carbocycles. The van der Waals surface area contributed by atoms with Crippen LogP contribution in [0.3, 0.4) is 0 Å². The van der Waals surface area contributed by atoms with E-state index in [9.17, 15) is 9.59 Å². The normalized spacial score (nSPS) is 15.9. The van der Waals surface area contributed by atoms with Crippen molar-refractivity contribution in [3.63, 3.8) is 0 Å². The third-order valence-electron chi connectivity index (χ3n) is 4.88. The Balaban J connectivity index is 1.49. The summed E-state index contributed by atoms with van der Waals surface area (Å²) in [5.41, 5.74) is 2.35. The third-order valence-corrected chi connectivity index (χ3v) is 6.77. The van der Waals surface area contributed by atoms with Crippen LogP contribution < -0.4 is 4.74 Å². The second kappa shape index (κ2) is 10.5. The van der Waals surface area contributed by atoms with E-state index < -0.39 is 5.97 Å². The van der Waals surface area contributed by atoms with Crippen molar-refractivity contribution >= 4 is 68.1 Å². The minimum Gasteiger partial charge on any atom is -0.487 e. The number of carboxylic acid groups (broad SMARTS) is 1. The summed E-state index contributed by atoms with van der Waals surface area (Å²) in [7, 11) is 1.63. The van der Waals surface area contributed by atoms with E-state index in [1.807, 2.05) is 30.3 Å². The number of carbonyl (C=O) groups excluding carboxylic acids is 1. The minimum atomic E-state index is -1.03. The van der Waals surface area contributed by atoms with Gasteiger partial charge in [0.25, 0.3) is 5.91 Å². The van der Waals surface area contributed by atoms with Gasteiger partial charge in [0, 0.05) is 11.5 Å². The van der Waals surface area contributed by atoms with Crippen LogP contribution in [0.15, 0.2) is 81.1 Å². The zero-order valence-corrected chi connectivity index (χ0v) is 21.0. The van der Waals surface area contributed by atoms with Gasteiger partial charge in [0.15, 0.2) is 5.17 Å². The number of amidine groups is 1. The Labute approximate surface area is 214 Å². The molecule has 3 aromatic rings. The van der Waals surface area contributed by atoms with Crippen molar-refractivity contribution in [2.24, 2.45) is 4.99 Å². The Hall–Kier alpha value is -3.07. The highest BCUT2D eigenvalue weighted by Crippen LogP contribution is 2.34. The van der Waals surface area contributed by atoms with Gasteiger partial charge in [0.2, 0.25) is 0 Å². The molecule has 6 nitrogen and oxygen atoms in total. The summed E-state index contributed by atoms with van der Waals surface area (Å²) in [5.74, 6) is -0.688. The zero-order chi connectivity index (χ0) is 24.2. The van der Waals surface area contributed by atoms with Crippen molar-refractivity contribution in [1.82, 2.24) is 4.90 Å².